The molecule has 0 aliphatic rings. The van der Waals surface area contributed by atoms with Crippen molar-refractivity contribution in [2.24, 2.45) is 0 Å². The fraction of sp³-hybridized carbons (Fsp3) is 0.278. The first-order valence-corrected chi connectivity index (χ1v) is 17.0. The van der Waals surface area contributed by atoms with Crippen LogP contribution in [0.25, 0.3) is 0 Å². The van der Waals surface area contributed by atoms with Crippen LogP contribution < -0.4 is 14.4 Å². The summed E-state index contributed by atoms with van der Waals surface area (Å²) in [4.78, 5) is 30.0. The van der Waals surface area contributed by atoms with Crippen molar-refractivity contribution in [2.45, 2.75) is 57.1 Å². The lowest BCUT2D eigenvalue weighted by Gasteiger charge is -2.34. The number of halogens is 1. The molecule has 0 bridgehead atoms. The molecule has 4 rings (SSSR count). The van der Waals surface area contributed by atoms with Gasteiger partial charge in [0.05, 0.1) is 22.7 Å². The van der Waals surface area contributed by atoms with Gasteiger partial charge in [0.25, 0.3) is 10.0 Å². The largest absolute Gasteiger partial charge is 0.495 e. The van der Waals surface area contributed by atoms with E-state index >= 15 is 0 Å². The molecule has 0 aromatic heterocycles. The lowest BCUT2D eigenvalue weighted by Crippen LogP contribution is -2.54. The highest BCUT2D eigenvalue weighted by molar-refractivity contribution is 7.92. The molecular formula is C36H40ClN3O5S. The number of amides is 2. The van der Waals surface area contributed by atoms with Crippen LogP contribution >= 0.6 is 11.6 Å². The first kappa shape index (κ1) is 34.5. The fourth-order valence-electron chi connectivity index (χ4n) is 5.06. The third-order valence-corrected chi connectivity index (χ3v) is 9.82. The van der Waals surface area contributed by atoms with Crippen molar-refractivity contribution in [1.29, 1.82) is 0 Å². The zero-order chi connectivity index (χ0) is 33.3. The Morgan fingerprint density at radius 3 is 2.15 bits per heavy atom. The smallest absolute Gasteiger partial charge is 0.264 e. The molecule has 1 N–H and O–H groups in total. The lowest BCUT2D eigenvalue weighted by molar-refractivity contribution is -0.140. The number of anilines is 1. The van der Waals surface area contributed by atoms with E-state index in [1.54, 1.807) is 30.3 Å². The standard InChI is InChI=1S/C36H40ClN3O5S/c1-5-27(3)38-36(42)33(22-28-14-8-6-9-15-28)39(24-29-16-12-13-26(2)21-29)35(41)25-40(30-19-20-34(45-4)32(37)23-30)46(43,44)31-17-10-7-11-18-31/h6-21,23,27,33H,5,22,24-25H2,1-4H3,(H,38,42)/t27-,33-/m0/s1. The van der Waals surface area contributed by atoms with Gasteiger partial charge in [-0.2, -0.15) is 0 Å². The minimum absolute atomic E-state index is 0.00956. The lowest BCUT2D eigenvalue weighted by atomic mass is 10.0. The van der Waals surface area contributed by atoms with Crippen LogP contribution in [0.15, 0.2) is 108 Å². The van der Waals surface area contributed by atoms with Crippen LogP contribution in [0.2, 0.25) is 5.02 Å². The molecular weight excluding hydrogens is 622 g/mol. The first-order chi connectivity index (χ1) is 22.0. The van der Waals surface area contributed by atoms with Gasteiger partial charge in [-0.15, -0.1) is 0 Å². The van der Waals surface area contributed by atoms with Crippen molar-refractivity contribution in [3.8, 4) is 5.75 Å². The molecule has 0 radical (unpaired) electrons. The summed E-state index contributed by atoms with van der Waals surface area (Å²) in [5.41, 5.74) is 2.86. The number of carbonyl (C=O) groups is 2. The first-order valence-electron chi connectivity index (χ1n) is 15.1. The number of nitrogens with zero attached hydrogens (tertiary/aromatic N) is 2. The van der Waals surface area contributed by atoms with Gasteiger partial charge in [0.1, 0.15) is 18.3 Å². The molecule has 8 nitrogen and oxygen atoms in total. The molecule has 0 aliphatic carbocycles. The van der Waals surface area contributed by atoms with Crippen LogP contribution in [-0.2, 0) is 32.6 Å². The summed E-state index contributed by atoms with van der Waals surface area (Å²) in [5.74, 6) is -0.503. The van der Waals surface area contributed by atoms with Gasteiger partial charge in [0, 0.05) is 19.0 Å². The van der Waals surface area contributed by atoms with Crippen LogP contribution in [0, 0.1) is 6.92 Å². The van der Waals surface area contributed by atoms with Crippen molar-refractivity contribution < 1.29 is 22.7 Å². The molecule has 4 aromatic rings. The minimum atomic E-state index is -4.24. The number of hydrogen-bond donors (Lipinski definition) is 1. The second-order valence-corrected chi connectivity index (χ2v) is 13.4. The maximum absolute atomic E-state index is 14.6. The molecule has 46 heavy (non-hydrogen) atoms. The molecule has 0 heterocycles. The van der Waals surface area contributed by atoms with Crippen molar-refractivity contribution in [2.75, 3.05) is 18.0 Å². The van der Waals surface area contributed by atoms with E-state index in [4.69, 9.17) is 16.3 Å². The average Bonchev–Trinajstić information content (AvgIpc) is 3.05. The Bertz CT molecular complexity index is 1740. The Hall–Kier alpha value is -4.34. The molecule has 4 aromatic carbocycles. The zero-order valence-electron chi connectivity index (χ0n) is 26.5. The van der Waals surface area contributed by atoms with Gasteiger partial charge in [0.15, 0.2) is 0 Å². The van der Waals surface area contributed by atoms with Crippen LogP contribution in [0.3, 0.4) is 0 Å². The van der Waals surface area contributed by atoms with E-state index in [2.05, 4.69) is 5.32 Å². The zero-order valence-corrected chi connectivity index (χ0v) is 28.1. The summed E-state index contributed by atoms with van der Waals surface area (Å²) in [6.07, 6.45) is 0.942. The number of sulfonamides is 1. The Labute approximate surface area is 277 Å². The van der Waals surface area contributed by atoms with E-state index in [0.29, 0.717) is 12.2 Å². The molecule has 0 saturated carbocycles. The van der Waals surface area contributed by atoms with Crippen LogP contribution in [-0.4, -0.2) is 50.9 Å². The van der Waals surface area contributed by atoms with Gasteiger partial charge in [-0.1, -0.05) is 96.9 Å². The maximum atomic E-state index is 14.6. The minimum Gasteiger partial charge on any atom is -0.495 e. The van der Waals surface area contributed by atoms with Gasteiger partial charge in [-0.05, 0) is 61.7 Å². The predicted octanol–water partition coefficient (Wildman–Crippen LogP) is 6.41. The van der Waals surface area contributed by atoms with Gasteiger partial charge < -0.3 is 15.0 Å². The topological polar surface area (TPSA) is 96.0 Å². The number of hydrogen-bond acceptors (Lipinski definition) is 5. The Morgan fingerprint density at radius 2 is 1.54 bits per heavy atom. The third-order valence-electron chi connectivity index (χ3n) is 7.74. The summed E-state index contributed by atoms with van der Waals surface area (Å²) in [6, 6.07) is 28.5. The van der Waals surface area contributed by atoms with Crippen LogP contribution in [0.5, 0.6) is 5.75 Å². The Morgan fingerprint density at radius 1 is 0.891 bits per heavy atom. The molecule has 2 atom stereocenters. The predicted molar refractivity (Wildman–Crippen MR) is 183 cm³/mol. The average molecular weight is 662 g/mol. The number of carbonyl (C=O) groups excluding carboxylic acids is 2. The molecule has 0 saturated heterocycles. The third kappa shape index (κ3) is 8.68. The number of benzene rings is 4. The van der Waals surface area contributed by atoms with Crippen LogP contribution in [0.4, 0.5) is 5.69 Å². The monoisotopic (exact) mass is 661 g/mol. The van der Waals surface area contributed by atoms with Crippen molar-refractivity contribution >= 4 is 39.1 Å². The van der Waals surface area contributed by atoms with E-state index < -0.39 is 28.5 Å². The summed E-state index contributed by atoms with van der Waals surface area (Å²) < 4.78 is 34.6. The molecule has 0 spiro atoms. The maximum Gasteiger partial charge on any atom is 0.264 e. The highest BCUT2D eigenvalue weighted by Gasteiger charge is 2.35. The van der Waals surface area contributed by atoms with E-state index in [9.17, 15) is 18.0 Å². The SMILES string of the molecule is CC[C@H](C)NC(=O)[C@H](Cc1ccccc1)N(Cc1cccc(C)c1)C(=O)CN(c1ccc(OC)c(Cl)c1)S(=O)(=O)c1ccccc1. The summed E-state index contributed by atoms with van der Waals surface area (Å²) in [6.45, 7) is 5.35. The Kier molecular flexibility index (Phi) is 11.8. The second-order valence-electron chi connectivity index (χ2n) is 11.2. The molecule has 2 amide bonds. The summed E-state index contributed by atoms with van der Waals surface area (Å²) in [5, 5.41) is 3.23. The van der Waals surface area contributed by atoms with E-state index in [-0.39, 0.29) is 40.5 Å². The fourth-order valence-corrected chi connectivity index (χ4v) is 6.74. The second kappa shape index (κ2) is 15.8. The van der Waals surface area contributed by atoms with E-state index in [1.165, 1.54) is 30.2 Å². The van der Waals surface area contributed by atoms with Crippen molar-refractivity contribution in [3.05, 3.63) is 125 Å². The molecule has 0 aliphatic heterocycles. The van der Waals surface area contributed by atoms with Gasteiger partial charge in [-0.25, -0.2) is 8.42 Å². The Balaban J connectivity index is 1.83. The van der Waals surface area contributed by atoms with Crippen LogP contribution in [0.1, 0.15) is 37.0 Å². The summed E-state index contributed by atoms with van der Waals surface area (Å²) in [7, 11) is -2.78. The normalized spacial score (nSPS) is 12.5. The molecule has 0 fully saturated rings. The number of methoxy groups -OCH3 is 1. The number of nitrogens with one attached hydrogen (secondary N) is 1. The van der Waals surface area contributed by atoms with Gasteiger partial charge >= 0.3 is 0 Å². The van der Waals surface area contributed by atoms with Gasteiger partial charge in [0.2, 0.25) is 11.8 Å². The number of aryl methyl sites for hydroxylation is 1. The number of rotatable bonds is 14. The molecule has 0 unspecified atom stereocenters. The quantitative estimate of drug-likeness (QED) is 0.169. The highest BCUT2D eigenvalue weighted by atomic mass is 35.5. The highest BCUT2D eigenvalue weighted by Crippen LogP contribution is 2.32. The van der Waals surface area contributed by atoms with Gasteiger partial charge in [-0.3, -0.25) is 13.9 Å². The van der Waals surface area contributed by atoms with E-state index in [1.807, 2.05) is 75.4 Å². The summed E-state index contributed by atoms with van der Waals surface area (Å²) >= 11 is 6.44. The molecule has 10 heteroatoms. The van der Waals surface area contributed by atoms with Crippen molar-refractivity contribution in [3.63, 3.8) is 0 Å². The van der Waals surface area contributed by atoms with Crippen molar-refractivity contribution in [1.82, 2.24) is 10.2 Å². The van der Waals surface area contributed by atoms with E-state index in [0.717, 1.165) is 21.0 Å². The molecule has 242 valence electrons. The number of ether oxygens (including phenoxy) is 1.